The predicted octanol–water partition coefficient (Wildman–Crippen LogP) is 0.860. The molecule has 6 nitrogen and oxygen atoms in total. The number of nitrogens with two attached hydrogens (primary N) is 1. The maximum atomic E-state index is 11.5. The number of nitrogens with zero attached hydrogens (tertiary/aromatic N) is 2. The van der Waals surface area contributed by atoms with Gasteiger partial charge in [-0.15, -0.1) is 0 Å². The van der Waals surface area contributed by atoms with Gasteiger partial charge in [0.05, 0.1) is 0 Å². The molecule has 0 bridgehead atoms. The summed E-state index contributed by atoms with van der Waals surface area (Å²) in [7, 11) is 0. The largest absolute Gasteiger partial charge is 0.456 e. The Labute approximate surface area is 125 Å². The van der Waals surface area contributed by atoms with E-state index in [1.165, 1.54) is 19.4 Å². The number of fused-ring (bicyclic) bond motifs is 1. The predicted molar refractivity (Wildman–Crippen MR) is 79.6 cm³/mol. The van der Waals surface area contributed by atoms with Gasteiger partial charge >= 0.3 is 5.91 Å². The van der Waals surface area contributed by atoms with Gasteiger partial charge in [0, 0.05) is 37.3 Å². The molecule has 3 N–H and O–H groups in total. The van der Waals surface area contributed by atoms with Crippen LogP contribution in [0.25, 0.3) is 0 Å². The Kier molecular flexibility index (Phi) is 4.01. The Morgan fingerprint density at radius 1 is 1.52 bits per heavy atom. The highest BCUT2D eigenvalue weighted by Gasteiger charge is 2.34. The fourth-order valence-electron chi connectivity index (χ4n) is 3.55. The molecule has 0 spiro atoms. The molecule has 3 rings (SSSR count). The molecule has 0 aromatic carbocycles. The van der Waals surface area contributed by atoms with Crippen LogP contribution in [0, 0.1) is 6.92 Å². The maximum Gasteiger partial charge on any atom is 0.300 e. The standard InChI is InChI=1S/C15H24N4O2/c1-10-7-18-5-3-4-13(18)9-19(10)8-12-6-14(15(20)17-16)21-11(12)2/h6,10,13H,3-5,7-9,16H2,1-2H3,(H,17,20). The van der Waals surface area contributed by atoms with E-state index in [1.54, 1.807) is 0 Å². The lowest BCUT2D eigenvalue weighted by Gasteiger charge is -2.42. The number of aryl methyl sites for hydroxylation is 1. The first-order valence-electron chi connectivity index (χ1n) is 7.67. The van der Waals surface area contributed by atoms with Crippen molar-refractivity contribution in [3.63, 3.8) is 0 Å². The Morgan fingerprint density at radius 3 is 3.10 bits per heavy atom. The third-order valence-electron chi connectivity index (χ3n) is 4.82. The van der Waals surface area contributed by atoms with Gasteiger partial charge in [0.25, 0.3) is 0 Å². The van der Waals surface area contributed by atoms with Gasteiger partial charge in [-0.2, -0.15) is 0 Å². The van der Waals surface area contributed by atoms with Gasteiger partial charge in [-0.3, -0.25) is 20.0 Å². The van der Waals surface area contributed by atoms with Crippen LogP contribution in [0.15, 0.2) is 10.5 Å². The van der Waals surface area contributed by atoms with Crippen molar-refractivity contribution in [3.05, 3.63) is 23.2 Å². The molecule has 0 radical (unpaired) electrons. The normalized spacial score (nSPS) is 26.8. The number of carbonyl (C=O) groups excluding carboxylic acids is 1. The number of rotatable bonds is 3. The van der Waals surface area contributed by atoms with Gasteiger partial charge in [0.2, 0.25) is 0 Å². The molecular weight excluding hydrogens is 268 g/mol. The number of nitrogens with one attached hydrogen (secondary N) is 1. The lowest BCUT2D eigenvalue weighted by Crippen LogP contribution is -2.54. The molecule has 21 heavy (non-hydrogen) atoms. The second-order valence-electron chi connectivity index (χ2n) is 6.23. The first kappa shape index (κ1) is 14.6. The second kappa shape index (κ2) is 5.79. The number of hydrogen-bond acceptors (Lipinski definition) is 5. The quantitative estimate of drug-likeness (QED) is 0.491. The average Bonchev–Trinajstić information content (AvgIpc) is 3.05. The van der Waals surface area contributed by atoms with Crippen molar-refractivity contribution in [1.82, 2.24) is 15.2 Å². The Bertz CT molecular complexity index is 528. The van der Waals surface area contributed by atoms with E-state index in [4.69, 9.17) is 10.3 Å². The molecule has 1 aromatic rings. The van der Waals surface area contributed by atoms with Crippen LogP contribution in [0.5, 0.6) is 0 Å². The zero-order valence-electron chi connectivity index (χ0n) is 12.8. The Balaban J connectivity index is 1.71. The molecule has 0 aliphatic carbocycles. The zero-order chi connectivity index (χ0) is 15.0. The van der Waals surface area contributed by atoms with E-state index in [0.717, 1.165) is 31.0 Å². The van der Waals surface area contributed by atoms with E-state index in [9.17, 15) is 4.79 Å². The number of nitrogen functional groups attached to an aromatic ring is 1. The first-order valence-corrected chi connectivity index (χ1v) is 7.67. The van der Waals surface area contributed by atoms with Crippen molar-refractivity contribution in [3.8, 4) is 0 Å². The molecule has 2 aliphatic heterocycles. The summed E-state index contributed by atoms with van der Waals surface area (Å²) in [6, 6.07) is 3.03. The maximum absolute atomic E-state index is 11.5. The van der Waals surface area contributed by atoms with Crippen LogP contribution in [0.4, 0.5) is 0 Å². The molecule has 116 valence electrons. The van der Waals surface area contributed by atoms with Crippen molar-refractivity contribution in [2.75, 3.05) is 19.6 Å². The van der Waals surface area contributed by atoms with Gasteiger partial charge in [0.1, 0.15) is 5.76 Å². The van der Waals surface area contributed by atoms with Gasteiger partial charge in [-0.25, -0.2) is 5.84 Å². The van der Waals surface area contributed by atoms with Crippen LogP contribution >= 0.6 is 0 Å². The monoisotopic (exact) mass is 292 g/mol. The van der Waals surface area contributed by atoms with Crippen molar-refractivity contribution in [2.24, 2.45) is 5.84 Å². The summed E-state index contributed by atoms with van der Waals surface area (Å²) in [5.74, 6) is 5.87. The Hall–Kier alpha value is -1.37. The SMILES string of the molecule is Cc1oc(C(=O)NN)cc1CN1CC2CCCN2CC1C. The van der Waals surface area contributed by atoms with Crippen molar-refractivity contribution in [1.29, 1.82) is 0 Å². The summed E-state index contributed by atoms with van der Waals surface area (Å²) in [5, 5.41) is 0. The van der Waals surface area contributed by atoms with Crippen LogP contribution in [-0.2, 0) is 6.54 Å². The molecule has 2 fully saturated rings. The lowest BCUT2D eigenvalue weighted by molar-refractivity contribution is 0.0537. The molecule has 1 aromatic heterocycles. The third kappa shape index (κ3) is 2.84. The molecule has 0 saturated carbocycles. The minimum Gasteiger partial charge on any atom is -0.456 e. The van der Waals surface area contributed by atoms with Gasteiger partial charge in [-0.1, -0.05) is 0 Å². The zero-order valence-corrected chi connectivity index (χ0v) is 12.8. The van der Waals surface area contributed by atoms with Crippen LogP contribution in [0.1, 0.15) is 41.6 Å². The van der Waals surface area contributed by atoms with Crippen LogP contribution in [0.3, 0.4) is 0 Å². The fourth-order valence-corrected chi connectivity index (χ4v) is 3.55. The van der Waals surface area contributed by atoms with Crippen LogP contribution in [-0.4, -0.2) is 47.4 Å². The minimum atomic E-state index is -0.377. The number of furan rings is 1. The number of hydrazine groups is 1. The molecular formula is C15H24N4O2. The third-order valence-corrected chi connectivity index (χ3v) is 4.82. The molecule has 2 atom stereocenters. The second-order valence-corrected chi connectivity index (χ2v) is 6.23. The summed E-state index contributed by atoms with van der Waals surface area (Å²) in [4.78, 5) is 16.6. The van der Waals surface area contributed by atoms with Crippen LogP contribution in [0.2, 0.25) is 0 Å². The van der Waals surface area contributed by atoms with Gasteiger partial charge < -0.3 is 4.42 Å². The van der Waals surface area contributed by atoms with E-state index in [-0.39, 0.29) is 11.7 Å². The molecule has 2 unspecified atom stereocenters. The summed E-state index contributed by atoms with van der Waals surface area (Å²) >= 11 is 0. The summed E-state index contributed by atoms with van der Waals surface area (Å²) in [6.07, 6.45) is 2.62. The van der Waals surface area contributed by atoms with Gasteiger partial charge in [0.15, 0.2) is 5.76 Å². The fraction of sp³-hybridized carbons (Fsp3) is 0.667. The van der Waals surface area contributed by atoms with E-state index in [2.05, 4.69) is 22.1 Å². The molecule has 3 heterocycles. The first-order chi connectivity index (χ1) is 10.1. The van der Waals surface area contributed by atoms with E-state index in [1.807, 2.05) is 13.0 Å². The smallest absolute Gasteiger partial charge is 0.300 e. The van der Waals surface area contributed by atoms with Crippen molar-refractivity contribution in [2.45, 2.75) is 45.3 Å². The van der Waals surface area contributed by atoms with Crippen molar-refractivity contribution < 1.29 is 9.21 Å². The highest BCUT2D eigenvalue weighted by atomic mass is 16.4. The number of amides is 1. The molecule has 2 saturated heterocycles. The van der Waals surface area contributed by atoms with E-state index < -0.39 is 0 Å². The molecule has 2 aliphatic rings. The molecule has 6 heteroatoms. The summed E-state index contributed by atoms with van der Waals surface area (Å²) < 4.78 is 5.50. The van der Waals surface area contributed by atoms with E-state index in [0.29, 0.717) is 12.1 Å². The van der Waals surface area contributed by atoms with Crippen LogP contribution < -0.4 is 11.3 Å². The topological polar surface area (TPSA) is 74.7 Å². The minimum absolute atomic E-state index is 0.289. The lowest BCUT2D eigenvalue weighted by atomic mass is 10.1. The van der Waals surface area contributed by atoms with E-state index >= 15 is 0 Å². The van der Waals surface area contributed by atoms with Crippen molar-refractivity contribution >= 4 is 5.91 Å². The highest BCUT2D eigenvalue weighted by Crippen LogP contribution is 2.27. The Morgan fingerprint density at radius 2 is 2.33 bits per heavy atom. The summed E-state index contributed by atoms with van der Waals surface area (Å²) in [6.45, 7) is 8.49. The molecule has 1 amide bonds. The van der Waals surface area contributed by atoms with Gasteiger partial charge in [-0.05, 0) is 39.3 Å². The number of carbonyl (C=O) groups is 1. The highest BCUT2D eigenvalue weighted by molar-refractivity contribution is 5.91. The number of hydrogen-bond donors (Lipinski definition) is 2. The summed E-state index contributed by atoms with van der Waals surface area (Å²) in [5.41, 5.74) is 3.19. The number of piperazine rings is 1. The average molecular weight is 292 g/mol.